The van der Waals surface area contributed by atoms with E-state index in [9.17, 15) is 19.5 Å². The van der Waals surface area contributed by atoms with Gasteiger partial charge in [-0.25, -0.2) is 5.43 Å². The smallest absolute Gasteiger partial charge is 0.329 e. The van der Waals surface area contributed by atoms with Crippen LogP contribution in [0, 0.1) is 0 Å². The van der Waals surface area contributed by atoms with E-state index in [-0.39, 0.29) is 5.75 Å². The van der Waals surface area contributed by atoms with Crippen molar-refractivity contribution in [2.24, 2.45) is 5.10 Å². The topological polar surface area (TPSA) is 120 Å². The Labute approximate surface area is 166 Å². The fourth-order valence-electron chi connectivity index (χ4n) is 2.14. The highest BCUT2D eigenvalue weighted by Gasteiger charge is 2.11. The highest BCUT2D eigenvalue weighted by atomic mass is 35.5. The van der Waals surface area contributed by atoms with Crippen LogP contribution in [-0.2, 0) is 20.8 Å². The highest BCUT2D eigenvalue weighted by molar-refractivity contribution is 6.35. The van der Waals surface area contributed by atoms with E-state index in [1.165, 1.54) is 24.4 Å². The van der Waals surface area contributed by atoms with Crippen molar-refractivity contribution in [1.82, 2.24) is 10.7 Å². The Hall–Kier alpha value is -3.39. The third kappa shape index (κ3) is 7.08. The van der Waals surface area contributed by atoms with E-state index in [1.807, 2.05) is 30.3 Å². The van der Waals surface area contributed by atoms with Crippen LogP contribution >= 0.6 is 11.6 Å². The number of benzene rings is 2. The molecule has 0 bridgehead atoms. The number of carbonyl (C=O) groups excluding carboxylic acids is 3. The van der Waals surface area contributed by atoms with Crippen LogP contribution in [-0.4, -0.2) is 37.1 Å². The molecule has 2 aromatic carbocycles. The first-order valence-electron chi connectivity index (χ1n) is 8.23. The van der Waals surface area contributed by atoms with Crippen molar-refractivity contribution in [3.8, 4) is 5.75 Å². The van der Waals surface area contributed by atoms with Crippen LogP contribution in [0.4, 0.5) is 0 Å². The molecule has 0 aliphatic carbocycles. The number of halogens is 1. The van der Waals surface area contributed by atoms with Gasteiger partial charge in [0.05, 0.1) is 12.2 Å². The Morgan fingerprint density at radius 2 is 1.86 bits per heavy atom. The van der Waals surface area contributed by atoms with Crippen molar-refractivity contribution in [3.05, 3.63) is 64.7 Å². The lowest BCUT2D eigenvalue weighted by Gasteiger charge is -2.09. The van der Waals surface area contributed by atoms with E-state index in [0.717, 1.165) is 5.56 Å². The van der Waals surface area contributed by atoms with Gasteiger partial charge < -0.3 is 20.0 Å². The predicted octanol–water partition coefficient (Wildman–Crippen LogP) is 0.278. The van der Waals surface area contributed by atoms with E-state index < -0.39 is 24.4 Å². The number of aliphatic carboxylic acids is 1. The summed E-state index contributed by atoms with van der Waals surface area (Å²) in [5.74, 6) is -2.98. The second-order valence-electron chi connectivity index (χ2n) is 5.53. The SMILES string of the molecule is O=C([O-])COc1ccc(Cl)cc1/C=N\NC(=O)C(=O)NCCc1ccccc1. The molecule has 0 saturated heterocycles. The molecule has 8 nitrogen and oxygen atoms in total. The van der Waals surface area contributed by atoms with Crippen molar-refractivity contribution < 1.29 is 24.2 Å². The van der Waals surface area contributed by atoms with Crippen molar-refractivity contribution >= 4 is 35.6 Å². The summed E-state index contributed by atoms with van der Waals surface area (Å²) in [4.78, 5) is 34.0. The standard InChI is InChI=1S/C19H18ClN3O5/c20-15-6-7-16(28-12-17(24)25)14(10-15)11-22-23-19(27)18(26)21-9-8-13-4-2-1-3-5-13/h1-7,10-11H,8-9,12H2,(H,21,26)(H,23,27)(H,24,25)/p-1/b22-11-. The van der Waals surface area contributed by atoms with Gasteiger partial charge in [-0.3, -0.25) is 9.59 Å². The van der Waals surface area contributed by atoms with Gasteiger partial charge in [-0.05, 0) is 30.2 Å². The molecule has 0 aromatic heterocycles. The Morgan fingerprint density at radius 3 is 2.57 bits per heavy atom. The second-order valence-corrected chi connectivity index (χ2v) is 5.97. The quantitative estimate of drug-likeness (QED) is 0.373. The highest BCUT2D eigenvalue weighted by Crippen LogP contribution is 2.21. The van der Waals surface area contributed by atoms with E-state index in [0.29, 0.717) is 23.6 Å². The zero-order valence-corrected chi connectivity index (χ0v) is 15.4. The largest absolute Gasteiger partial charge is 0.546 e. The summed E-state index contributed by atoms with van der Waals surface area (Å²) in [5.41, 5.74) is 3.43. The Morgan fingerprint density at radius 1 is 1.11 bits per heavy atom. The van der Waals surface area contributed by atoms with Gasteiger partial charge >= 0.3 is 11.8 Å². The average molecular weight is 403 g/mol. The van der Waals surface area contributed by atoms with Crippen LogP contribution in [0.25, 0.3) is 0 Å². The van der Waals surface area contributed by atoms with Crippen LogP contribution in [0.3, 0.4) is 0 Å². The molecule has 0 spiro atoms. The molecule has 28 heavy (non-hydrogen) atoms. The number of hydrogen-bond acceptors (Lipinski definition) is 6. The molecule has 0 unspecified atom stereocenters. The van der Waals surface area contributed by atoms with Crippen LogP contribution in [0.15, 0.2) is 53.6 Å². The van der Waals surface area contributed by atoms with Gasteiger partial charge in [0.1, 0.15) is 12.4 Å². The van der Waals surface area contributed by atoms with Gasteiger partial charge in [0, 0.05) is 17.1 Å². The molecule has 2 rings (SSSR count). The molecule has 0 atom stereocenters. The number of carboxylic acids is 1. The lowest BCUT2D eigenvalue weighted by atomic mass is 10.1. The summed E-state index contributed by atoms with van der Waals surface area (Å²) < 4.78 is 5.05. The van der Waals surface area contributed by atoms with E-state index >= 15 is 0 Å². The van der Waals surface area contributed by atoms with Gasteiger partial charge in [0.2, 0.25) is 0 Å². The summed E-state index contributed by atoms with van der Waals surface area (Å²) in [6.07, 6.45) is 1.77. The van der Waals surface area contributed by atoms with Gasteiger partial charge in [-0.1, -0.05) is 41.9 Å². The van der Waals surface area contributed by atoms with Gasteiger partial charge in [-0.15, -0.1) is 0 Å². The maximum absolute atomic E-state index is 11.8. The van der Waals surface area contributed by atoms with Gasteiger partial charge in [0.25, 0.3) is 0 Å². The summed E-state index contributed by atoms with van der Waals surface area (Å²) in [6, 6.07) is 13.9. The maximum atomic E-state index is 11.8. The van der Waals surface area contributed by atoms with Crippen molar-refractivity contribution in [1.29, 1.82) is 0 Å². The number of ether oxygens (including phenoxy) is 1. The molecule has 2 N–H and O–H groups in total. The zero-order chi connectivity index (χ0) is 20.4. The Balaban J connectivity index is 1.85. The van der Waals surface area contributed by atoms with Gasteiger partial charge in [0.15, 0.2) is 0 Å². The summed E-state index contributed by atoms with van der Waals surface area (Å²) in [6.45, 7) is -0.353. The molecule has 0 saturated carbocycles. The molecular weight excluding hydrogens is 386 g/mol. The zero-order valence-electron chi connectivity index (χ0n) is 14.7. The van der Waals surface area contributed by atoms with E-state index in [2.05, 4.69) is 15.8 Å². The molecule has 0 heterocycles. The fraction of sp³-hybridized carbons (Fsp3) is 0.158. The van der Waals surface area contributed by atoms with E-state index in [1.54, 1.807) is 0 Å². The first-order valence-corrected chi connectivity index (χ1v) is 8.61. The van der Waals surface area contributed by atoms with Crippen molar-refractivity contribution in [3.63, 3.8) is 0 Å². The normalized spacial score (nSPS) is 10.5. The summed E-state index contributed by atoms with van der Waals surface area (Å²) in [7, 11) is 0. The minimum Gasteiger partial charge on any atom is -0.546 e. The number of hydrogen-bond donors (Lipinski definition) is 2. The van der Waals surface area contributed by atoms with Crippen LogP contribution in [0.5, 0.6) is 5.75 Å². The third-order valence-electron chi connectivity index (χ3n) is 3.44. The summed E-state index contributed by atoms with van der Waals surface area (Å²) in [5, 5.41) is 17.0. The lowest BCUT2D eigenvalue weighted by Crippen LogP contribution is -2.38. The molecule has 0 fully saturated rings. The van der Waals surface area contributed by atoms with Crippen LogP contribution < -0.4 is 20.6 Å². The molecule has 2 aromatic rings. The number of hydrazone groups is 1. The monoisotopic (exact) mass is 402 g/mol. The number of nitrogens with zero attached hydrogens (tertiary/aromatic N) is 1. The average Bonchev–Trinajstić information content (AvgIpc) is 2.68. The van der Waals surface area contributed by atoms with E-state index in [4.69, 9.17) is 16.3 Å². The number of carbonyl (C=O) groups is 3. The van der Waals surface area contributed by atoms with Crippen LogP contribution in [0.2, 0.25) is 5.02 Å². The predicted molar refractivity (Wildman–Crippen MR) is 101 cm³/mol. The molecule has 2 amide bonds. The lowest BCUT2D eigenvalue weighted by molar-refractivity contribution is -0.307. The van der Waals surface area contributed by atoms with Crippen molar-refractivity contribution in [2.75, 3.05) is 13.2 Å². The molecule has 146 valence electrons. The number of nitrogens with one attached hydrogen (secondary N) is 2. The molecular formula is C19H17ClN3O5-. The minimum atomic E-state index is -1.39. The number of amides is 2. The van der Waals surface area contributed by atoms with Crippen molar-refractivity contribution in [2.45, 2.75) is 6.42 Å². The first-order chi connectivity index (χ1) is 13.5. The molecule has 0 aliphatic rings. The fourth-order valence-corrected chi connectivity index (χ4v) is 2.33. The minimum absolute atomic E-state index is 0.180. The molecule has 0 aliphatic heterocycles. The maximum Gasteiger partial charge on any atom is 0.329 e. The van der Waals surface area contributed by atoms with Gasteiger partial charge in [-0.2, -0.15) is 5.10 Å². The van der Waals surface area contributed by atoms with Crippen LogP contribution in [0.1, 0.15) is 11.1 Å². The number of carboxylic acid groups (broad SMARTS) is 1. The molecule has 9 heteroatoms. The molecule has 0 radical (unpaired) electrons. The first kappa shape index (κ1) is 20.9. The Bertz CT molecular complexity index is 871. The Kier molecular flexibility index (Phi) is 7.98. The second kappa shape index (κ2) is 10.7. The summed E-state index contributed by atoms with van der Waals surface area (Å²) >= 11 is 5.88. The third-order valence-corrected chi connectivity index (χ3v) is 3.67. The number of rotatable bonds is 8.